The van der Waals surface area contributed by atoms with Crippen molar-refractivity contribution in [3.63, 3.8) is 0 Å². The first-order valence-electron chi connectivity index (χ1n) is 14.1. The van der Waals surface area contributed by atoms with Crippen molar-refractivity contribution in [3.8, 4) is 5.75 Å². The Hall–Kier alpha value is -2.28. The van der Waals surface area contributed by atoms with Gasteiger partial charge in [-0.15, -0.1) is 0 Å². The normalized spacial score (nSPS) is 36.1. The van der Waals surface area contributed by atoms with Crippen molar-refractivity contribution in [2.24, 2.45) is 23.2 Å². The van der Waals surface area contributed by atoms with Crippen LogP contribution in [0.3, 0.4) is 0 Å². The van der Waals surface area contributed by atoms with Gasteiger partial charge in [-0.2, -0.15) is 0 Å². The van der Waals surface area contributed by atoms with E-state index < -0.39 is 0 Å². The zero-order valence-corrected chi connectivity index (χ0v) is 21.5. The molecule has 7 heteroatoms. The number of methoxy groups -OCH3 is 1. The van der Waals surface area contributed by atoms with Crippen molar-refractivity contribution in [1.82, 2.24) is 15.1 Å². The second-order valence-corrected chi connectivity index (χ2v) is 12.3. The molecule has 7 nitrogen and oxygen atoms in total. The van der Waals surface area contributed by atoms with Crippen LogP contribution in [0, 0.1) is 23.2 Å². The summed E-state index contributed by atoms with van der Waals surface area (Å²) in [5.74, 6) is 2.72. The van der Waals surface area contributed by atoms with Crippen LogP contribution in [0.2, 0.25) is 0 Å². The predicted octanol–water partition coefficient (Wildman–Crippen LogP) is 3.76. The molecule has 2 N–H and O–H groups in total. The van der Waals surface area contributed by atoms with Gasteiger partial charge in [0, 0.05) is 32.2 Å². The molecule has 1 aromatic rings. The molecule has 6 fully saturated rings. The Balaban J connectivity index is 1.03. The number of carbonyl (C=O) groups excluding carboxylic acids is 2. The molecule has 4 aliphatic carbocycles. The smallest absolute Gasteiger partial charge is 0.320 e. The van der Waals surface area contributed by atoms with Crippen LogP contribution in [0.15, 0.2) is 24.3 Å². The van der Waals surface area contributed by atoms with Gasteiger partial charge in [0.1, 0.15) is 5.75 Å². The molecule has 2 saturated heterocycles. The molecule has 196 valence electrons. The molecule has 0 aromatic heterocycles. The Bertz CT molecular complexity index is 974. The van der Waals surface area contributed by atoms with Crippen molar-refractivity contribution in [3.05, 3.63) is 29.8 Å². The highest BCUT2D eigenvalue weighted by atomic mass is 16.5. The van der Waals surface area contributed by atoms with Gasteiger partial charge in [0.25, 0.3) is 0 Å². The lowest BCUT2D eigenvalue weighted by Gasteiger charge is -2.58. The van der Waals surface area contributed by atoms with Crippen LogP contribution in [-0.2, 0) is 4.79 Å². The summed E-state index contributed by atoms with van der Waals surface area (Å²) in [6, 6.07) is 8.44. The average molecular weight is 496 g/mol. The summed E-state index contributed by atoms with van der Waals surface area (Å²) in [6.45, 7) is 2.91. The molecule has 2 aliphatic heterocycles. The van der Waals surface area contributed by atoms with Crippen LogP contribution in [0.25, 0.3) is 0 Å². The number of nitrogens with zero attached hydrogens (tertiary/aromatic N) is 2. The van der Waals surface area contributed by atoms with E-state index in [4.69, 9.17) is 4.74 Å². The van der Waals surface area contributed by atoms with Crippen LogP contribution in [-0.4, -0.2) is 72.3 Å². The highest BCUT2D eigenvalue weighted by Gasteiger charge is 2.58. The van der Waals surface area contributed by atoms with Gasteiger partial charge in [0.15, 0.2) is 0 Å². The number of carbonyl (C=O) groups is 2. The van der Waals surface area contributed by atoms with Crippen molar-refractivity contribution < 1.29 is 19.4 Å². The third-order valence-corrected chi connectivity index (χ3v) is 10.1. The van der Waals surface area contributed by atoms with E-state index >= 15 is 0 Å². The first-order valence-corrected chi connectivity index (χ1v) is 14.1. The maximum absolute atomic E-state index is 13.6. The van der Waals surface area contributed by atoms with Crippen LogP contribution >= 0.6 is 0 Å². The summed E-state index contributed by atoms with van der Waals surface area (Å²) in [4.78, 5) is 30.9. The van der Waals surface area contributed by atoms with Crippen LogP contribution in [0.1, 0.15) is 69.3 Å². The Labute approximate surface area is 214 Å². The number of piperidine rings is 2. The number of aliphatic hydroxyl groups excluding tert-OH is 1. The lowest BCUT2D eigenvalue weighted by atomic mass is 9.48. The van der Waals surface area contributed by atoms with Gasteiger partial charge in [0.05, 0.1) is 18.6 Å². The molecule has 4 bridgehead atoms. The van der Waals surface area contributed by atoms with Gasteiger partial charge < -0.3 is 25.0 Å². The Kier molecular flexibility index (Phi) is 6.39. The number of ether oxygens (including phenoxy) is 1. The van der Waals surface area contributed by atoms with Crippen molar-refractivity contribution >= 4 is 11.9 Å². The number of amides is 3. The summed E-state index contributed by atoms with van der Waals surface area (Å²) in [5.41, 5.74) is 1.00. The van der Waals surface area contributed by atoms with E-state index in [0.717, 1.165) is 83.2 Å². The van der Waals surface area contributed by atoms with Gasteiger partial charge in [-0.05, 0) is 99.2 Å². The minimum Gasteiger partial charge on any atom is -0.497 e. The number of aliphatic hydroxyl groups is 1. The number of benzene rings is 1. The Morgan fingerprint density at radius 2 is 1.78 bits per heavy atom. The van der Waals surface area contributed by atoms with Crippen molar-refractivity contribution in [2.75, 3.05) is 33.3 Å². The second-order valence-electron chi connectivity index (χ2n) is 12.3. The largest absolute Gasteiger partial charge is 0.497 e. The molecular formula is C29H41N3O4. The molecule has 7 rings (SSSR count). The monoisotopic (exact) mass is 495 g/mol. The van der Waals surface area contributed by atoms with Crippen LogP contribution in [0.4, 0.5) is 4.79 Å². The summed E-state index contributed by atoms with van der Waals surface area (Å²) in [7, 11) is 1.70. The number of likely N-dealkylation sites (tertiary alicyclic amines) is 2. The quantitative estimate of drug-likeness (QED) is 0.666. The number of urea groups is 1. The average Bonchev–Trinajstić information content (AvgIpc) is 2.91. The lowest BCUT2D eigenvalue weighted by Crippen LogP contribution is -2.61. The van der Waals surface area contributed by atoms with Gasteiger partial charge in [-0.25, -0.2) is 4.79 Å². The Morgan fingerprint density at radius 1 is 1.03 bits per heavy atom. The maximum Gasteiger partial charge on any atom is 0.320 e. The molecule has 1 aromatic carbocycles. The SMILES string of the molecule is COc1cccc(C2CCN(C(=O)N3CCCC(NC(=O)C45CC6CC(C4)C(O)C(C6)C5)C3)CC2)c1. The zero-order chi connectivity index (χ0) is 24.9. The summed E-state index contributed by atoms with van der Waals surface area (Å²) < 4.78 is 5.38. The standard InChI is InChI=1S/C29H41N3O4/c1-36-25-6-2-4-21(14-25)20-7-10-31(11-8-20)28(35)32-9-3-5-24(18-32)30-27(34)29-15-19-12-22(16-29)26(33)23(13-19)17-29/h2,4,6,14,19-20,22-24,26,33H,3,5,7-13,15-18H2,1H3,(H,30,34). The molecule has 0 spiro atoms. The summed E-state index contributed by atoms with van der Waals surface area (Å²) in [5, 5.41) is 14.0. The minimum atomic E-state index is -0.288. The number of rotatable bonds is 4. The molecule has 3 unspecified atom stereocenters. The maximum atomic E-state index is 13.6. The van der Waals surface area contributed by atoms with E-state index in [-0.39, 0.29) is 29.5 Å². The number of hydrogen-bond acceptors (Lipinski definition) is 4. The molecule has 4 saturated carbocycles. The molecule has 6 aliphatic rings. The highest BCUT2D eigenvalue weighted by Crippen LogP contribution is 2.60. The van der Waals surface area contributed by atoms with E-state index in [1.165, 1.54) is 5.56 Å². The summed E-state index contributed by atoms with van der Waals surface area (Å²) >= 11 is 0. The molecule has 3 atom stereocenters. The van der Waals surface area contributed by atoms with Gasteiger partial charge in [-0.1, -0.05) is 12.1 Å². The molecule has 0 radical (unpaired) electrons. The van der Waals surface area contributed by atoms with Gasteiger partial charge in [-0.3, -0.25) is 4.79 Å². The zero-order valence-electron chi connectivity index (χ0n) is 21.5. The fraction of sp³-hybridized carbons (Fsp3) is 0.724. The van der Waals surface area contributed by atoms with Crippen LogP contribution < -0.4 is 10.1 Å². The molecule has 3 amide bonds. The third-order valence-electron chi connectivity index (χ3n) is 10.1. The molecule has 36 heavy (non-hydrogen) atoms. The second kappa shape index (κ2) is 9.55. The summed E-state index contributed by atoms with van der Waals surface area (Å²) in [6.07, 6.45) is 8.41. The fourth-order valence-electron chi connectivity index (χ4n) is 8.38. The minimum absolute atomic E-state index is 0.0300. The topological polar surface area (TPSA) is 82.1 Å². The Morgan fingerprint density at radius 3 is 2.50 bits per heavy atom. The van der Waals surface area contributed by atoms with E-state index in [9.17, 15) is 14.7 Å². The fourth-order valence-corrected chi connectivity index (χ4v) is 8.38. The van der Waals surface area contributed by atoms with E-state index in [2.05, 4.69) is 17.4 Å². The third kappa shape index (κ3) is 4.37. The molecule has 2 heterocycles. The molecular weight excluding hydrogens is 454 g/mol. The van der Waals surface area contributed by atoms with Gasteiger partial charge >= 0.3 is 6.03 Å². The van der Waals surface area contributed by atoms with E-state index in [0.29, 0.717) is 30.2 Å². The number of nitrogens with one attached hydrogen (secondary N) is 1. The van der Waals surface area contributed by atoms with Gasteiger partial charge in [0.2, 0.25) is 5.91 Å². The lowest BCUT2D eigenvalue weighted by molar-refractivity contribution is -0.163. The predicted molar refractivity (Wildman–Crippen MR) is 137 cm³/mol. The highest BCUT2D eigenvalue weighted by molar-refractivity contribution is 5.83. The first kappa shape index (κ1) is 24.1. The number of hydrogen-bond donors (Lipinski definition) is 2. The van der Waals surface area contributed by atoms with Crippen LogP contribution in [0.5, 0.6) is 5.75 Å². The van der Waals surface area contributed by atoms with E-state index in [1.54, 1.807) is 7.11 Å². The van der Waals surface area contributed by atoms with Crippen molar-refractivity contribution in [2.45, 2.75) is 75.9 Å². The van der Waals surface area contributed by atoms with Crippen molar-refractivity contribution in [1.29, 1.82) is 0 Å². The van der Waals surface area contributed by atoms with E-state index in [1.807, 2.05) is 21.9 Å². The first-order chi connectivity index (χ1) is 17.4.